The molecule has 3 saturated carbocycles. The molecule has 4 atom stereocenters. The molecular formula is C10H18. The maximum Gasteiger partial charge on any atom is -0.0295 e. The van der Waals surface area contributed by atoms with E-state index in [1.54, 1.807) is 0 Å². The van der Waals surface area contributed by atoms with E-state index in [4.69, 9.17) is 0 Å². The van der Waals surface area contributed by atoms with Crippen molar-refractivity contribution in [3.63, 3.8) is 0 Å². The Bertz CT molecular complexity index is 153. The lowest BCUT2D eigenvalue weighted by molar-refractivity contribution is 0.129. The Morgan fingerprint density at radius 1 is 1.20 bits per heavy atom. The van der Waals surface area contributed by atoms with E-state index in [0.29, 0.717) is 5.41 Å². The number of hydrogen-bond acceptors (Lipinski definition) is 0. The van der Waals surface area contributed by atoms with Gasteiger partial charge >= 0.3 is 0 Å². The summed E-state index contributed by atoms with van der Waals surface area (Å²) in [5.74, 6) is 4.13. The van der Waals surface area contributed by atoms with Crippen molar-refractivity contribution in [1.82, 2.24) is 0 Å². The topological polar surface area (TPSA) is 0 Å². The first-order chi connectivity index (χ1) is 4.55. The molecule has 3 aliphatic rings. The van der Waals surface area contributed by atoms with Crippen molar-refractivity contribution >= 4 is 0 Å². The summed E-state index contributed by atoms with van der Waals surface area (Å²) < 4.78 is 0. The molecular weight excluding hydrogens is 120 g/mol. The van der Waals surface area contributed by atoms with Crippen molar-refractivity contribution in [2.45, 2.75) is 34.1 Å². The molecule has 2 bridgehead atoms. The SMILES string of the molecule is CC1C2CC1C(C)(C)C2C. The summed E-state index contributed by atoms with van der Waals surface area (Å²) >= 11 is 0. The molecule has 0 radical (unpaired) electrons. The molecule has 10 heavy (non-hydrogen) atoms. The predicted molar refractivity (Wildman–Crippen MR) is 43.7 cm³/mol. The second kappa shape index (κ2) is 1.60. The molecule has 0 spiro atoms. The zero-order valence-electron chi connectivity index (χ0n) is 7.52. The van der Waals surface area contributed by atoms with E-state index in [1.165, 1.54) is 6.42 Å². The van der Waals surface area contributed by atoms with Crippen LogP contribution in [0.5, 0.6) is 0 Å². The summed E-state index contributed by atoms with van der Waals surface area (Å²) in [6, 6.07) is 0. The highest BCUT2D eigenvalue weighted by Gasteiger charge is 2.59. The molecule has 0 aliphatic heterocycles. The van der Waals surface area contributed by atoms with Gasteiger partial charge in [-0.25, -0.2) is 0 Å². The van der Waals surface area contributed by atoms with Gasteiger partial charge in [0.15, 0.2) is 0 Å². The van der Waals surface area contributed by atoms with Gasteiger partial charge in [0.25, 0.3) is 0 Å². The van der Waals surface area contributed by atoms with Crippen LogP contribution in [0.1, 0.15) is 34.1 Å². The van der Waals surface area contributed by atoms with E-state index >= 15 is 0 Å². The van der Waals surface area contributed by atoms with Gasteiger partial charge in [0.2, 0.25) is 0 Å². The van der Waals surface area contributed by atoms with Crippen molar-refractivity contribution in [2.24, 2.45) is 29.1 Å². The molecule has 0 aromatic carbocycles. The van der Waals surface area contributed by atoms with Gasteiger partial charge in [-0.3, -0.25) is 0 Å². The summed E-state index contributed by atoms with van der Waals surface area (Å²) in [5, 5.41) is 0. The first kappa shape index (κ1) is 6.69. The zero-order chi connectivity index (χ0) is 7.52. The zero-order valence-corrected chi connectivity index (χ0v) is 7.52. The van der Waals surface area contributed by atoms with Crippen LogP contribution in [-0.2, 0) is 0 Å². The molecule has 3 fully saturated rings. The fourth-order valence-electron chi connectivity index (χ4n) is 3.36. The summed E-state index contributed by atoms with van der Waals surface area (Å²) in [6.45, 7) is 9.77. The third kappa shape index (κ3) is 0.500. The second-order valence-corrected chi connectivity index (χ2v) is 4.98. The van der Waals surface area contributed by atoms with Gasteiger partial charge in [0.05, 0.1) is 0 Å². The van der Waals surface area contributed by atoms with Crippen molar-refractivity contribution in [2.75, 3.05) is 0 Å². The van der Waals surface area contributed by atoms with Crippen LogP contribution < -0.4 is 0 Å². The highest BCUT2D eigenvalue weighted by molar-refractivity contribution is 5.07. The summed E-state index contributed by atoms with van der Waals surface area (Å²) in [7, 11) is 0. The van der Waals surface area contributed by atoms with Gasteiger partial charge in [0, 0.05) is 0 Å². The third-order valence-electron chi connectivity index (χ3n) is 4.61. The second-order valence-electron chi connectivity index (χ2n) is 4.98. The van der Waals surface area contributed by atoms with Crippen LogP contribution >= 0.6 is 0 Å². The first-order valence-corrected chi connectivity index (χ1v) is 4.55. The minimum absolute atomic E-state index is 0.657. The fraction of sp³-hybridized carbons (Fsp3) is 1.00. The minimum atomic E-state index is 0.657. The lowest BCUT2D eigenvalue weighted by atomic mass is 9.69. The normalized spacial score (nSPS) is 56.4. The summed E-state index contributed by atoms with van der Waals surface area (Å²) in [4.78, 5) is 0. The molecule has 0 amide bonds. The Morgan fingerprint density at radius 2 is 1.80 bits per heavy atom. The smallest absolute Gasteiger partial charge is 0.0295 e. The maximum atomic E-state index is 2.45. The van der Waals surface area contributed by atoms with Gasteiger partial charge in [-0.1, -0.05) is 27.7 Å². The minimum Gasteiger partial charge on any atom is -0.0619 e. The van der Waals surface area contributed by atoms with Crippen LogP contribution in [0.2, 0.25) is 0 Å². The number of fused-ring (bicyclic) bond motifs is 1. The highest BCUT2D eigenvalue weighted by Crippen LogP contribution is 2.66. The van der Waals surface area contributed by atoms with E-state index in [-0.39, 0.29) is 0 Å². The van der Waals surface area contributed by atoms with Crippen molar-refractivity contribution in [1.29, 1.82) is 0 Å². The molecule has 3 aliphatic carbocycles. The summed E-state index contributed by atoms with van der Waals surface area (Å²) in [6.07, 6.45) is 1.52. The monoisotopic (exact) mass is 138 g/mol. The molecule has 0 saturated heterocycles. The molecule has 0 aromatic heterocycles. The third-order valence-corrected chi connectivity index (χ3v) is 4.61. The van der Waals surface area contributed by atoms with Crippen LogP contribution in [0.15, 0.2) is 0 Å². The Hall–Kier alpha value is 0. The van der Waals surface area contributed by atoms with E-state index in [2.05, 4.69) is 27.7 Å². The Morgan fingerprint density at radius 3 is 1.90 bits per heavy atom. The lowest BCUT2D eigenvalue weighted by Crippen LogP contribution is -2.29. The number of hydrogen-bond donors (Lipinski definition) is 0. The molecule has 0 heteroatoms. The Labute approximate surface area is 64.0 Å². The van der Waals surface area contributed by atoms with E-state index in [1.807, 2.05) is 0 Å². The van der Waals surface area contributed by atoms with Crippen LogP contribution in [0.4, 0.5) is 0 Å². The van der Waals surface area contributed by atoms with Gasteiger partial charge in [-0.2, -0.15) is 0 Å². The highest BCUT2D eigenvalue weighted by atomic mass is 14.6. The van der Waals surface area contributed by atoms with Crippen LogP contribution in [0.3, 0.4) is 0 Å². The van der Waals surface area contributed by atoms with Gasteiger partial charge in [0.1, 0.15) is 0 Å². The lowest BCUT2D eigenvalue weighted by Gasteiger charge is -2.36. The number of rotatable bonds is 0. The fourth-order valence-corrected chi connectivity index (χ4v) is 3.36. The van der Waals surface area contributed by atoms with Crippen molar-refractivity contribution < 1.29 is 0 Å². The molecule has 3 rings (SSSR count). The van der Waals surface area contributed by atoms with Crippen LogP contribution in [0, 0.1) is 29.1 Å². The van der Waals surface area contributed by atoms with E-state index in [9.17, 15) is 0 Å². The first-order valence-electron chi connectivity index (χ1n) is 4.55. The average Bonchev–Trinajstić information content (AvgIpc) is 2.12. The molecule has 0 heterocycles. The standard InChI is InChI=1S/C10H18/c1-6-8-5-9(6)10(3,4)7(8)2/h6-9H,5H2,1-4H3. The Kier molecular flexibility index (Phi) is 1.07. The maximum absolute atomic E-state index is 2.45. The van der Waals surface area contributed by atoms with Gasteiger partial charge in [-0.05, 0) is 35.5 Å². The molecule has 58 valence electrons. The predicted octanol–water partition coefficient (Wildman–Crippen LogP) is 2.93. The van der Waals surface area contributed by atoms with E-state index < -0.39 is 0 Å². The molecule has 0 aromatic rings. The molecule has 0 nitrogen and oxygen atoms in total. The van der Waals surface area contributed by atoms with Crippen LogP contribution in [-0.4, -0.2) is 0 Å². The molecule has 4 unspecified atom stereocenters. The van der Waals surface area contributed by atoms with Crippen molar-refractivity contribution in [3.05, 3.63) is 0 Å². The van der Waals surface area contributed by atoms with Crippen LogP contribution in [0.25, 0.3) is 0 Å². The quantitative estimate of drug-likeness (QED) is 0.483. The van der Waals surface area contributed by atoms with Crippen molar-refractivity contribution in [3.8, 4) is 0 Å². The van der Waals surface area contributed by atoms with Gasteiger partial charge in [-0.15, -0.1) is 0 Å². The van der Waals surface area contributed by atoms with E-state index in [0.717, 1.165) is 23.7 Å². The molecule has 0 N–H and O–H groups in total. The average molecular weight is 138 g/mol. The largest absolute Gasteiger partial charge is 0.0619 e. The summed E-state index contributed by atoms with van der Waals surface area (Å²) in [5.41, 5.74) is 0.657. The van der Waals surface area contributed by atoms with Gasteiger partial charge < -0.3 is 0 Å². The Balaban J connectivity index is 2.28.